The molecule has 3 rings (SSSR count). The molecule has 3 atom stereocenters. The van der Waals surface area contributed by atoms with Crippen LogP contribution in [0.5, 0.6) is 11.5 Å². The van der Waals surface area contributed by atoms with E-state index in [0.717, 1.165) is 17.7 Å². The monoisotopic (exact) mass is 490 g/mol. The summed E-state index contributed by atoms with van der Waals surface area (Å²) in [6.45, 7) is 3.44. The Kier molecular flexibility index (Phi) is 9.51. The molecule has 2 aromatic rings. The van der Waals surface area contributed by atoms with E-state index in [9.17, 15) is 27.9 Å². The van der Waals surface area contributed by atoms with Gasteiger partial charge in [-0.2, -0.15) is 13.2 Å². The summed E-state index contributed by atoms with van der Waals surface area (Å²) in [5, 5.41) is 9.61. The average molecular weight is 491 g/mol. The minimum absolute atomic E-state index is 0.150. The Labute approximate surface area is 193 Å². The Balaban J connectivity index is 0.000000294. The van der Waals surface area contributed by atoms with Gasteiger partial charge in [0.2, 0.25) is 0 Å². The number of halogens is 4. The third kappa shape index (κ3) is 9.29. The molecule has 7 nitrogen and oxygen atoms in total. The van der Waals surface area contributed by atoms with Gasteiger partial charge in [0.15, 0.2) is 0 Å². The maximum absolute atomic E-state index is 12.5. The minimum Gasteiger partial charge on any atom is -0.431 e. The van der Waals surface area contributed by atoms with Crippen molar-refractivity contribution in [2.24, 2.45) is 0 Å². The summed E-state index contributed by atoms with van der Waals surface area (Å²) in [5.74, 6) is 0.200. The lowest BCUT2D eigenvalue weighted by atomic mass is 10.1. The zero-order valence-electron chi connectivity index (χ0n) is 17.7. The Hall–Kier alpha value is -2.82. The highest BCUT2D eigenvalue weighted by Crippen LogP contribution is 2.31. The van der Waals surface area contributed by atoms with E-state index in [0.29, 0.717) is 18.2 Å². The van der Waals surface area contributed by atoms with Crippen LogP contribution in [0.1, 0.15) is 24.5 Å². The van der Waals surface area contributed by atoms with Gasteiger partial charge in [0, 0.05) is 18.0 Å². The molecule has 1 fully saturated rings. The highest BCUT2D eigenvalue weighted by atomic mass is 35.5. The number of aliphatic hydroxyl groups is 1. The van der Waals surface area contributed by atoms with Gasteiger partial charge in [-0.15, -0.1) is 0 Å². The fraction of sp³-hybridized carbons (Fsp3) is 0.364. The first-order chi connectivity index (χ1) is 15.4. The lowest BCUT2D eigenvalue weighted by molar-refractivity contribution is -0.137. The summed E-state index contributed by atoms with van der Waals surface area (Å²) in [6.07, 6.45) is -6.82. The van der Waals surface area contributed by atoms with Gasteiger partial charge in [-0.1, -0.05) is 18.2 Å². The summed E-state index contributed by atoms with van der Waals surface area (Å²) < 4.78 is 56.9. The molecule has 1 saturated heterocycles. The van der Waals surface area contributed by atoms with Crippen molar-refractivity contribution in [2.45, 2.75) is 44.8 Å². The van der Waals surface area contributed by atoms with Crippen molar-refractivity contribution >= 4 is 23.2 Å². The van der Waals surface area contributed by atoms with E-state index in [1.807, 2.05) is 13.0 Å². The van der Waals surface area contributed by atoms with Crippen LogP contribution in [0.4, 0.5) is 22.8 Å². The Morgan fingerprint density at radius 2 is 1.76 bits per heavy atom. The molecule has 1 N–H and O–H groups in total. The maximum Gasteiger partial charge on any atom is 0.513 e. The topological polar surface area (TPSA) is 91.3 Å². The van der Waals surface area contributed by atoms with Crippen LogP contribution in [0, 0.1) is 6.92 Å². The summed E-state index contributed by atoms with van der Waals surface area (Å²) >= 11 is 5.00. The molecule has 33 heavy (non-hydrogen) atoms. The summed E-state index contributed by atoms with van der Waals surface area (Å²) in [6, 6.07) is 11.0. The van der Waals surface area contributed by atoms with Gasteiger partial charge in [-0.3, -0.25) is 0 Å². The number of ether oxygens (including phenoxy) is 4. The molecule has 0 aliphatic carbocycles. The highest BCUT2D eigenvalue weighted by molar-refractivity contribution is 6.61. The lowest BCUT2D eigenvalue weighted by Crippen LogP contribution is -2.28. The van der Waals surface area contributed by atoms with E-state index in [2.05, 4.69) is 9.47 Å². The molecule has 11 heteroatoms. The second kappa shape index (κ2) is 11.9. The van der Waals surface area contributed by atoms with E-state index in [1.165, 1.54) is 6.07 Å². The van der Waals surface area contributed by atoms with Gasteiger partial charge in [-0.05, 0) is 49.7 Å². The SMILES string of the molecule is C[C@H]1CC(O)[C@@H](COC(=O)Oc2cccc(C(F)(F)F)c2)O1.Cc1cccc(OC(=O)Cl)c1. The second-order valence-corrected chi connectivity index (χ2v) is 7.44. The largest absolute Gasteiger partial charge is 0.513 e. The quantitative estimate of drug-likeness (QED) is 0.344. The highest BCUT2D eigenvalue weighted by Gasteiger charge is 2.33. The van der Waals surface area contributed by atoms with Gasteiger partial charge in [0.1, 0.15) is 24.2 Å². The number of carbonyl (C=O) groups excluding carboxylic acids is 2. The van der Waals surface area contributed by atoms with E-state index in [1.54, 1.807) is 25.1 Å². The van der Waals surface area contributed by atoms with Crippen LogP contribution in [-0.2, 0) is 15.7 Å². The normalized spacial score (nSPS) is 19.8. The van der Waals surface area contributed by atoms with Crippen molar-refractivity contribution in [1.82, 2.24) is 0 Å². The van der Waals surface area contributed by atoms with E-state index >= 15 is 0 Å². The second-order valence-electron chi connectivity index (χ2n) is 7.13. The van der Waals surface area contributed by atoms with E-state index in [4.69, 9.17) is 21.1 Å². The van der Waals surface area contributed by atoms with Crippen molar-refractivity contribution in [1.29, 1.82) is 0 Å². The Morgan fingerprint density at radius 1 is 1.12 bits per heavy atom. The lowest BCUT2D eigenvalue weighted by Gasteiger charge is -2.14. The Morgan fingerprint density at radius 3 is 2.30 bits per heavy atom. The standard InChI is InChI=1S/C14H15F3O5.C8H7ClO2/c1-8-5-11(18)12(21-8)7-20-13(19)22-10-4-2-3-9(6-10)14(15,16)17;1-6-3-2-4-7(5-6)11-8(9)10/h2-4,6,8,11-12,18H,5,7H2,1H3;2-5H,1H3/t8-,11?,12+;/m0./s1. The first kappa shape index (κ1) is 26.4. The van der Waals surface area contributed by atoms with Crippen molar-refractivity contribution in [3.8, 4) is 11.5 Å². The van der Waals surface area contributed by atoms with Crippen molar-refractivity contribution < 1.29 is 46.8 Å². The zero-order valence-corrected chi connectivity index (χ0v) is 18.4. The molecule has 0 aromatic heterocycles. The van der Waals surface area contributed by atoms with Gasteiger partial charge < -0.3 is 24.1 Å². The fourth-order valence-corrected chi connectivity index (χ4v) is 2.96. The van der Waals surface area contributed by atoms with Crippen LogP contribution in [0.2, 0.25) is 0 Å². The van der Waals surface area contributed by atoms with Crippen LogP contribution >= 0.6 is 11.6 Å². The fourth-order valence-electron chi connectivity index (χ4n) is 2.87. The molecule has 2 aromatic carbocycles. The number of hydrogen-bond acceptors (Lipinski definition) is 7. The molecule has 0 spiro atoms. The van der Waals surface area contributed by atoms with Crippen molar-refractivity contribution in [2.75, 3.05) is 6.61 Å². The minimum atomic E-state index is -4.53. The molecular weight excluding hydrogens is 469 g/mol. The number of benzene rings is 2. The van der Waals surface area contributed by atoms with Gasteiger partial charge in [0.25, 0.3) is 0 Å². The molecule has 1 heterocycles. The summed E-state index contributed by atoms with van der Waals surface area (Å²) in [5.41, 5.74) is -0.711. The predicted molar refractivity (Wildman–Crippen MR) is 111 cm³/mol. The van der Waals surface area contributed by atoms with Gasteiger partial charge in [-0.25, -0.2) is 9.59 Å². The zero-order chi connectivity index (χ0) is 24.6. The van der Waals surface area contributed by atoms with Crippen molar-refractivity contribution in [3.63, 3.8) is 0 Å². The first-order valence-electron chi connectivity index (χ1n) is 9.73. The molecule has 1 aliphatic heterocycles. The number of carbonyl (C=O) groups is 2. The number of rotatable bonds is 4. The molecular formula is C22H22ClF3O7. The van der Waals surface area contributed by atoms with Gasteiger partial charge in [0.05, 0.1) is 17.8 Å². The van der Waals surface area contributed by atoms with E-state index < -0.39 is 35.5 Å². The predicted octanol–water partition coefficient (Wildman–Crippen LogP) is 5.49. The summed E-state index contributed by atoms with van der Waals surface area (Å²) in [4.78, 5) is 21.7. The smallest absolute Gasteiger partial charge is 0.431 e. The first-order valence-corrected chi connectivity index (χ1v) is 10.1. The van der Waals surface area contributed by atoms with E-state index in [-0.39, 0.29) is 18.5 Å². The number of aliphatic hydroxyl groups excluding tert-OH is 1. The molecule has 1 unspecified atom stereocenters. The average Bonchev–Trinajstić information content (AvgIpc) is 3.03. The van der Waals surface area contributed by atoms with Crippen LogP contribution in [0.3, 0.4) is 0 Å². The summed E-state index contributed by atoms with van der Waals surface area (Å²) in [7, 11) is 0. The van der Waals surface area contributed by atoms with Crippen LogP contribution in [0.25, 0.3) is 0 Å². The molecule has 0 amide bonds. The third-order valence-electron chi connectivity index (χ3n) is 4.33. The third-order valence-corrected chi connectivity index (χ3v) is 4.40. The molecule has 0 bridgehead atoms. The maximum atomic E-state index is 12.5. The molecule has 0 radical (unpaired) electrons. The molecule has 1 aliphatic rings. The number of hydrogen-bond donors (Lipinski definition) is 1. The van der Waals surface area contributed by atoms with Gasteiger partial charge >= 0.3 is 17.8 Å². The van der Waals surface area contributed by atoms with Crippen LogP contribution in [0.15, 0.2) is 48.5 Å². The Bertz CT molecular complexity index is 952. The molecule has 0 saturated carbocycles. The number of alkyl halides is 3. The van der Waals surface area contributed by atoms with Crippen molar-refractivity contribution in [3.05, 3.63) is 59.7 Å². The number of aryl methyl sites for hydroxylation is 1. The van der Waals surface area contributed by atoms with Crippen LogP contribution < -0.4 is 9.47 Å². The van der Waals surface area contributed by atoms with Crippen LogP contribution in [-0.4, -0.2) is 41.6 Å². The molecule has 180 valence electrons.